The van der Waals surface area contributed by atoms with Crippen LogP contribution in [-0.4, -0.2) is 40.8 Å². The molecule has 0 atom stereocenters. The van der Waals surface area contributed by atoms with Crippen LogP contribution in [0.5, 0.6) is 0 Å². The van der Waals surface area contributed by atoms with E-state index in [4.69, 9.17) is 4.98 Å². The Morgan fingerprint density at radius 1 is 1.28 bits per heavy atom. The SMILES string of the molecule is CNCCCNC(=O)c1cc(C(C)C)nc2c1c(C)nn2C(C)(C)C. The molecule has 6 nitrogen and oxygen atoms in total. The van der Waals surface area contributed by atoms with E-state index in [1.807, 2.05) is 24.7 Å². The molecular weight excluding hydrogens is 314 g/mol. The van der Waals surface area contributed by atoms with Crippen LogP contribution in [-0.2, 0) is 5.54 Å². The second kappa shape index (κ2) is 7.52. The van der Waals surface area contributed by atoms with Gasteiger partial charge < -0.3 is 10.6 Å². The Labute approximate surface area is 150 Å². The topological polar surface area (TPSA) is 71.8 Å². The highest BCUT2D eigenvalue weighted by molar-refractivity contribution is 6.06. The van der Waals surface area contributed by atoms with E-state index < -0.39 is 0 Å². The first kappa shape index (κ1) is 19.4. The minimum atomic E-state index is -0.199. The van der Waals surface area contributed by atoms with Gasteiger partial charge in [0.15, 0.2) is 5.65 Å². The summed E-state index contributed by atoms with van der Waals surface area (Å²) in [6.07, 6.45) is 0.897. The predicted octanol–water partition coefficient (Wildman–Crippen LogP) is 2.96. The Balaban J connectivity index is 2.54. The van der Waals surface area contributed by atoms with Crippen LogP contribution in [0.15, 0.2) is 6.07 Å². The van der Waals surface area contributed by atoms with Crippen molar-refractivity contribution in [2.45, 2.75) is 59.4 Å². The Morgan fingerprint density at radius 3 is 2.52 bits per heavy atom. The second-order valence-corrected chi connectivity index (χ2v) is 7.83. The molecule has 0 aromatic carbocycles. The van der Waals surface area contributed by atoms with Crippen LogP contribution in [0, 0.1) is 6.92 Å². The summed E-state index contributed by atoms with van der Waals surface area (Å²) >= 11 is 0. The summed E-state index contributed by atoms with van der Waals surface area (Å²) in [6.45, 7) is 13.9. The number of aromatic nitrogens is 3. The van der Waals surface area contributed by atoms with Gasteiger partial charge in [-0.15, -0.1) is 0 Å². The lowest BCUT2D eigenvalue weighted by Gasteiger charge is -2.20. The van der Waals surface area contributed by atoms with Crippen molar-refractivity contribution in [3.05, 3.63) is 23.0 Å². The molecule has 1 amide bonds. The minimum absolute atomic E-state index is 0.0537. The van der Waals surface area contributed by atoms with Gasteiger partial charge in [0.05, 0.1) is 22.2 Å². The van der Waals surface area contributed by atoms with Crippen molar-refractivity contribution < 1.29 is 4.79 Å². The molecule has 138 valence electrons. The van der Waals surface area contributed by atoms with Crippen molar-refractivity contribution in [2.24, 2.45) is 0 Å². The quantitative estimate of drug-likeness (QED) is 0.790. The molecule has 25 heavy (non-hydrogen) atoms. The normalized spacial score (nSPS) is 12.2. The van der Waals surface area contributed by atoms with Crippen LogP contribution >= 0.6 is 0 Å². The van der Waals surface area contributed by atoms with Crippen LogP contribution < -0.4 is 10.6 Å². The molecule has 2 rings (SSSR count). The van der Waals surface area contributed by atoms with Crippen molar-refractivity contribution in [2.75, 3.05) is 20.1 Å². The monoisotopic (exact) mass is 345 g/mol. The zero-order chi connectivity index (χ0) is 18.8. The number of rotatable bonds is 6. The molecule has 0 spiro atoms. The third-order valence-corrected chi connectivity index (χ3v) is 4.19. The van der Waals surface area contributed by atoms with E-state index in [1.165, 1.54) is 0 Å². The number of aryl methyl sites for hydroxylation is 1. The van der Waals surface area contributed by atoms with E-state index in [1.54, 1.807) is 0 Å². The molecular formula is C19H31N5O. The average molecular weight is 345 g/mol. The predicted molar refractivity (Wildman–Crippen MR) is 102 cm³/mol. The van der Waals surface area contributed by atoms with Crippen molar-refractivity contribution in [3.63, 3.8) is 0 Å². The standard InChI is InChI=1S/C19H31N5O/c1-12(2)15-11-14(18(25)21-10-8-9-20-7)16-13(3)23-24(17(16)22-15)19(4,5)6/h11-12,20H,8-10H2,1-7H3,(H,21,25). The lowest BCUT2D eigenvalue weighted by Crippen LogP contribution is -2.27. The van der Waals surface area contributed by atoms with Crippen LogP contribution in [0.2, 0.25) is 0 Å². The molecule has 0 saturated carbocycles. The lowest BCUT2D eigenvalue weighted by molar-refractivity contribution is 0.0954. The van der Waals surface area contributed by atoms with Crippen molar-refractivity contribution in [3.8, 4) is 0 Å². The zero-order valence-corrected chi connectivity index (χ0v) is 16.5. The van der Waals surface area contributed by atoms with Crippen LogP contribution in [0.1, 0.15) is 68.7 Å². The molecule has 2 N–H and O–H groups in total. The molecule has 0 fully saturated rings. The van der Waals surface area contributed by atoms with Gasteiger partial charge in [-0.1, -0.05) is 13.8 Å². The molecule has 0 radical (unpaired) electrons. The van der Waals surface area contributed by atoms with Gasteiger partial charge in [-0.05, 0) is 59.7 Å². The Hall–Kier alpha value is -1.95. The molecule has 0 aliphatic rings. The largest absolute Gasteiger partial charge is 0.352 e. The van der Waals surface area contributed by atoms with Gasteiger partial charge in [-0.3, -0.25) is 4.79 Å². The van der Waals surface area contributed by atoms with Crippen LogP contribution in [0.4, 0.5) is 0 Å². The molecule has 0 aliphatic heterocycles. The molecule has 0 aliphatic carbocycles. The highest BCUT2D eigenvalue weighted by Gasteiger charge is 2.25. The highest BCUT2D eigenvalue weighted by Crippen LogP contribution is 2.28. The summed E-state index contributed by atoms with van der Waals surface area (Å²) < 4.78 is 1.93. The van der Waals surface area contributed by atoms with Crippen molar-refractivity contribution >= 4 is 16.9 Å². The number of nitrogens with one attached hydrogen (secondary N) is 2. The summed E-state index contributed by atoms with van der Waals surface area (Å²) in [5.41, 5.74) is 3.02. The molecule has 0 saturated heterocycles. The molecule has 6 heteroatoms. The fraction of sp³-hybridized carbons (Fsp3) is 0.632. The molecule has 2 aromatic heterocycles. The van der Waals surface area contributed by atoms with Crippen molar-refractivity contribution in [1.82, 2.24) is 25.4 Å². The maximum absolute atomic E-state index is 12.8. The first-order valence-corrected chi connectivity index (χ1v) is 9.00. The third kappa shape index (κ3) is 4.18. The maximum Gasteiger partial charge on any atom is 0.252 e. The fourth-order valence-corrected chi connectivity index (χ4v) is 2.81. The fourth-order valence-electron chi connectivity index (χ4n) is 2.81. The number of carbonyl (C=O) groups is 1. The Morgan fingerprint density at radius 2 is 1.96 bits per heavy atom. The summed E-state index contributed by atoms with van der Waals surface area (Å²) in [6, 6.07) is 1.92. The van der Waals surface area contributed by atoms with E-state index in [0.717, 1.165) is 35.4 Å². The van der Waals surface area contributed by atoms with Gasteiger partial charge in [0.25, 0.3) is 5.91 Å². The van der Waals surface area contributed by atoms with Gasteiger partial charge >= 0.3 is 0 Å². The lowest BCUT2D eigenvalue weighted by atomic mass is 10.0. The summed E-state index contributed by atoms with van der Waals surface area (Å²) in [4.78, 5) is 17.6. The zero-order valence-electron chi connectivity index (χ0n) is 16.5. The van der Waals surface area contributed by atoms with Gasteiger partial charge in [-0.25, -0.2) is 9.67 Å². The molecule has 0 bridgehead atoms. The first-order valence-electron chi connectivity index (χ1n) is 9.00. The molecule has 2 aromatic rings. The number of nitrogens with zero attached hydrogens (tertiary/aromatic N) is 3. The second-order valence-electron chi connectivity index (χ2n) is 7.83. The summed E-state index contributed by atoms with van der Waals surface area (Å²) in [7, 11) is 1.91. The number of pyridine rings is 1. The molecule has 0 unspecified atom stereocenters. The Bertz CT molecular complexity index is 755. The number of amides is 1. The van der Waals surface area contributed by atoms with Gasteiger partial charge in [0, 0.05) is 12.2 Å². The number of fused-ring (bicyclic) bond motifs is 1. The van der Waals surface area contributed by atoms with Gasteiger partial charge in [-0.2, -0.15) is 5.10 Å². The Kier molecular flexibility index (Phi) is 5.83. The maximum atomic E-state index is 12.8. The highest BCUT2D eigenvalue weighted by atomic mass is 16.1. The van der Waals surface area contributed by atoms with E-state index in [-0.39, 0.29) is 17.4 Å². The van der Waals surface area contributed by atoms with E-state index in [2.05, 4.69) is 50.4 Å². The van der Waals surface area contributed by atoms with Crippen LogP contribution in [0.25, 0.3) is 11.0 Å². The van der Waals surface area contributed by atoms with Gasteiger partial charge in [0.2, 0.25) is 0 Å². The minimum Gasteiger partial charge on any atom is -0.352 e. The van der Waals surface area contributed by atoms with E-state index >= 15 is 0 Å². The number of carbonyl (C=O) groups excluding carboxylic acids is 1. The van der Waals surface area contributed by atoms with Crippen LogP contribution in [0.3, 0.4) is 0 Å². The number of hydrogen-bond donors (Lipinski definition) is 2. The van der Waals surface area contributed by atoms with E-state index in [0.29, 0.717) is 12.1 Å². The van der Waals surface area contributed by atoms with Crippen molar-refractivity contribution in [1.29, 1.82) is 0 Å². The summed E-state index contributed by atoms with van der Waals surface area (Å²) in [5.74, 6) is 0.186. The smallest absolute Gasteiger partial charge is 0.252 e. The van der Waals surface area contributed by atoms with E-state index in [9.17, 15) is 4.79 Å². The summed E-state index contributed by atoms with van der Waals surface area (Å²) in [5, 5.41) is 11.6. The average Bonchev–Trinajstić information content (AvgIpc) is 2.88. The number of hydrogen-bond acceptors (Lipinski definition) is 4. The first-order chi connectivity index (χ1) is 11.7. The molecule has 2 heterocycles. The van der Waals surface area contributed by atoms with Gasteiger partial charge in [0.1, 0.15) is 0 Å². The third-order valence-electron chi connectivity index (χ3n) is 4.19.